The van der Waals surface area contributed by atoms with Gasteiger partial charge in [0.05, 0.1) is 5.69 Å². The Morgan fingerprint density at radius 2 is 2.03 bits per heavy atom. The van der Waals surface area contributed by atoms with Crippen LogP contribution in [0.15, 0.2) is 30.5 Å². The number of benzene rings is 1. The number of aromatic nitrogens is 2. The number of fused-ring (bicyclic) bond motifs is 2. The van der Waals surface area contributed by atoms with E-state index in [9.17, 15) is 5.11 Å². The van der Waals surface area contributed by atoms with Gasteiger partial charge in [-0.3, -0.25) is 14.8 Å². The molecular weight excluding hydrogens is 432 g/mol. The van der Waals surface area contributed by atoms with Gasteiger partial charge in [-0.2, -0.15) is 0 Å². The van der Waals surface area contributed by atoms with Crippen molar-refractivity contribution in [2.45, 2.75) is 38.6 Å². The summed E-state index contributed by atoms with van der Waals surface area (Å²) in [5, 5.41) is 11.9. The van der Waals surface area contributed by atoms with Crippen LogP contribution in [0.1, 0.15) is 30.3 Å². The zero-order chi connectivity index (χ0) is 22.8. The monoisotopic (exact) mass is 466 g/mol. The minimum atomic E-state index is 0.250. The van der Waals surface area contributed by atoms with Gasteiger partial charge in [0.1, 0.15) is 11.3 Å². The van der Waals surface area contributed by atoms with E-state index in [1.165, 1.54) is 29.1 Å². The largest absolute Gasteiger partial charge is 0.506 e. The Balaban J connectivity index is 1.18. The molecule has 5 rings (SSSR count). The van der Waals surface area contributed by atoms with Crippen LogP contribution < -0.4 is 10.6 Å². The number of hydrogen-bond acceptors (Lipinski definition) is 8. The lowest BCUT2D eigenvalue weighted by Crippen LogP contribution is -2.50. The third kappa shape index (κ3) is 4.78. The number of nitrogens with two attached hydrogens (primary N) is 1. The van der Waals surface area contributed by atoms with Crippen LogP contribution >= 0.6 is 11.3 Å². The van der Waals surface area contributed by atoms with Crippen LogP contribution in [0.5, 0.6) is 5.75 Å². The average Bonchev–Trinajstić information content (AvgIpc) is 3.21. The molecule has 3 N–H and O–H groups in total. The second-order valence-electron chi connectivity index (χ2n) is 9.19. The quantitative estimate of drug-likeness (QED) is 0.552. The number of thiazole rings is 1. The number of aromatic hydroxyl groups is 1. The number of aryl methyl sites for hydroxylation is 1. The third-order valence-electron chi connectivity index (χ3n) is 7.10. The molecule has 1 fully saturated rings. The van der Waals surface area contributed by atoms with E-state index in [1.807, 2.05) is 6.07 Å². The zero-order valence-corrected chi connectivity index (χ0v) is 20.2. The summed E-state index contributed by atoms with van der Waals surface area (Å²) >= 11 is 1.68. The number of nitrogen functional groups attached to an aromatic ring is 1. The van der Waals surface area contributed by atoms with Gasteiger partial charge in [-0.05, 0) is 44.4 Å². The molecule has 1 unspecified atom stereocenters. The van der Waals surface area contributed by atoms with Gasteiger partial charge in [0.2, 0.25) is 0 Å². The lowest BCUT2D eigenvalue weighted by molar-refractivity contribution is 0.146. The van der Waals surface area contributed by atoms with Crippen molar-refractivity contribution in [2.24, 2.45) is 0 Å². The topological polar surface area (TPSA) is 81.8 Å². The van der Waals surface area contributed by atoms with Crippen molar-refractivity contribution in [3.63, 3.8) is 0 Å². The third-order valence-corrected chi connectivity index (χ3v) is 8.05. The number of hydrogen-bond donors (Lipinski definition) is 2. The lowest BCUT2D eigenvalue weighted by atomic mass is 9.96. The Bertz CT molecular complexity index is 1090. The fourth-order valence-electron chi connectivity index (χ4n) is 5.36. The molecule has 1 saturated heterocycles. The molecule has 33 heavy (non-hydrogen) atoms. The van der Waals surface area contributed by atoms with E-state index >= 15 is 0 Å². The van der Waals surface area contributed by atoms with Gasteiger partial charge in [-0.25, -0.2) is 4.98 Å². The first-order chi connectivity index (χ1) is 16.1. The number of pyridine rings is 1. The van der Waals surface area contributed by atoms with E-state index in [1.54, 1.807) is 23.6 Å². The molecule has 0 radical (unpaired) electrons. The highest BCUT2D eigenvalue weighted by Crippen LogP contribution is 2.32. The Morgan fingerprint density at radius 1 is 1.18 bits per heavy atom. The van der Waals surface area contributed by atoms with E-state index in [0.29, 0.717) is 11.6 Å². The molecule has 0 saturated carbocycles. The molecular formula is C25H34N6OS. The van der Waals surface area contributed by atoms with E-state index in [2.05, 4.69) is 43.7 Å². The maximum atomic E-state index is 10.2. The molecule has 3 heterocycles. The second kappa shape index (κ2) is 9.83. The minimum absolute atomic E-state index is 0.250. The number of rotatable bonds is 7. The van der Waals surface area contributed by atoms with Crippen LogP contribution in [-0.4, -0.2) is 76.7 Å². The highest BCUT2D eigenvalue weighted by molar-refractivity contribution is 7.15. The van der Waals surface area contributed by atoms with E-state index in [4.69, 9.17) is 5.73 Å². The zero-order valence-electron chi connectivity index (χ0n) is 19.4. The van der Waals surface area contributed by atoms with Crippen molar-refractivity contribution in [3.8, 4) is 5.75 Å². The summed E-state index contributed by atoms with van der Waals surface area (Å²) in [6.45, 7) is 9.77. The normalized spacial score (nSPS) is 19.3. The van der Waals surface area contributed by atoms with E-state index in [0.717, 1.165) is 69.2 Å². The van der Waals surface area contributed by atoms with Gasteiger partial charge in [-0.1, -0.05) is 19.1 Å². The molecule has 2 aliphatic rings. The Kier molecular flexibility index (Phi) is 6.66. The van der Waals surface area contributed by atoms with Crippen LogP contribution in [0.4, 0.5) is 10.8 Å². The highest BCUT2D eigenvalue weighted by Gasteiger charge is 2.27. The summed E-state index contributed by atoms with van der Waals surface area (Å²) in [6.07, 6.45) is 6.33. The minimum Gasteiger partial charge on any atom is -0.506 e. The Morgan fingerprint density at radius 3 is 2.85 bits per heavy atom. The molecule has 7 nitrogen and oxygen atoms in total. The second-order valence-corrected chi connectivity index (χ2v) is 10.3. The van der Waals surface area contributed by atoms with E-state index < -0.39 is 0 Å². The summed E-state index contributed by atoms with van der Waals surface area (Å²) < 4.78 is 0. The fraction of sp³-hybridized carbons (Fsp3) is 0.520. The summed E-state index contributed by atoms with van der Waals surface area (Å²) in [4.78, 5) is 18.0. The Labute approximate surface area is 199 Å². The number of nitrogens with zero attached hydrogens (tertiary/aromatic N) is 5. The summed E-state index contributed by atoms with van der Waals surface area (Å²) in [6, 6.07) is 8.34. The van der Waals surface area contributed by atoms with Gasteiger partial charge in [0.25, 0.3) is 0 Å². The van der Waals surface area contributed by atoms with Crippen LogP contribution in [0, 0.1) is 0 Å². The summed E-state index contributed by atoms with van der Waals surface area (Å²) in [5.74, 6) is 0.250. The Hall–Kier alpha value is -2.42. The maximum Gasteiger partial charge on any atom is 0.180 e. The average molecular weight is 467 g/mol. The fourth-order valence-corrected chi connectivity index (χ4v) is 6.31. The molecule has 1 aliphatic carbocycles. The number of piperazine rings is 1. The lowest BCUT2D eigenvalue weighted by Gasteiger charge is -2.39. The van der Waals surface area contributed by atoms with E-state index in [-0.39, 0.29) is 5.75 Å². The van der Waals surface area contributed by atoms with Crippen LogP contribution in [0.3, 0.4) is 0 Å². The van der Waals surface area contributed by atoms with Crippen molar-refractivity contribution in [2.75, 3.05) is 56.4 Å². The first kappa shape index (κ1) is 22.4. The van der Waals surface area contributed by atoms with Gasteiger partial charge in [0, 0.05) is 67.5 Å². The molecule has 176 valence electrons. The molecule has 0 amide bonds. The number of phenolic OH excluding ortho intramolecular Hbond substituents is 1. The SMILES string of the molecule is CCCN(CCN1CCN(c2ccnc3c(O)cccc23)CC1)C1CCc2nc(N)sc2C1. The smallest absolute Gasteiger partial charge is 0.180 e. The number of anilines is 2. The van der Waals surface area contributed by atoms with Gasteiger partial charge < -0.3 is 15.7 Å². The molecule has 1 aliphatic heterocycles. The summed E-state index contributed by atoms with van der Waals surface area (Å²) in [7, 11) is 0. The standard InChI is InChI=1S/C25H34N6OS/c1-2-10-30(18-6-7-20-23(17-18)33-25(26)28-20)14-11-29-12-15-31(16-13-29)21-8-9-27-24-19(21)4-3-5-22(24)32/h3-5,8-9,18,32H,2,6-7,10-17H2,1H3,(H2,26,28). The van der Waals surface area contributed by atoms with Crippen LogP contribution in [0.25, 0.3) is 10.9 Å². The first-order valence-electron chi connectivity index (χ1n) is 12.1. The van der Waals surface area contributed by atoms with Crippen LogP contribution in [0.2, 0.25) is 0 Å². The predicted octanol–water partition coefficient (Wildman–Crippen LogP) is 3.37. The molecule has 3 aromatic rings. The maximum absolute atomic E-state index is 10.2. The predicted molar refractivity (Wildman–Crippen MR) is 136 cm³/mol. The highest BCUT2D eigenvalue weighted by atomic mass is 32.1. The molecule has 0 spiro atoms. The van der Waals surface area contributed by atoms with Gasteiger partial charge in [-0.15, -0.1) is 11.3 Å². The summed E-state index contributed by atoms with van der Waals surface area (Å²) in [5.41, 5.74) is 9.05. The molecule has 8 heteroatoms. The number of phenols is 1. The van der Waals surface area contributed by atoms with Crippen molar-refractivity contribution in [3.05, 3.63) is 41.0 Å². The molecule has 2 aromatic heterocycles. The molecule has 1 aromatic carbocycles. The van der Waals surface area contributed by atoms with Crippen molar-refractivity contribution in [1.82, 2.24) is 19.8 Å². The van der Waals surface area contributed by atoms with Crippen LogP contribution in [-0.2, 0) is 12.8 Å². The van der Waals surface area contributed by atoms with Crippen molar-refractivity contribution in [1.29, 1.82) is 0 Å². The molecule has 1 atom stereocenters. The van der Waals surface area contributed by atoms with Crippen molar-refractivity contribution >= 4 is 33.1 Å². The number of para-hydroxylation sites is 1. The van der Waals surface area contributed by atoms with Crippen molar-refractivity contribution < 1.29 is 5.11 Å². The first-order valence-corrected chi connectivity index (χ1v) is 13.0. The molecule has 0 bridgehead atoms. The van der Waals surface area contributed by atoms with Gasteiger partial charge in [0.15, 0.2) is 5.13 Å². The van der Waals surface area contributed by atoms with Gasteiger partial charge >= 0.3 is 0 Å².